The Morgan fingerprint density at radius 3 is 2.58 bits per heavy atom. The van der Waals surface area contributed by atoms with E-state index in [-0.39, 0.29) is 13.2 Å². The number of hydrogen-bond acceptors (Lipinski definition) is 4. The van der Waals surface area contributed by atoms with Crippen molar-refractivity contribution in [3.63, 3.8) is 0 Å². The van der Waals surface area contributed by atoms with Gasteiger partial charge in [0.05, 0.1) is 6.54 Å². The number of aliphatic hydroxyl groups excluding tert-OH is 1. The van der Waals surface area contributed by atoms with Gasteiger partial charge < -0.3 is 20.3 Å². The van der Waals surface area contributed by atoms with E-state index in [1.165, 1.54) is 0 Å². The van der Waals surface area contributed by atoms with Crippen LogP contribution in [-0.2, 0) is 9.59 Å². The Morgan fingerprint density at radius 2 is 2.00 bits per heavy atom. The van der Waals surface area contributed by atoms with Crippen LogP contribution >= 0.6 is 0 Å². The van der Waals surface area contributed by atoms with E-state index in [1.807, 2.05) is 26.0 Å². The number of carboxylic acid groups (broad SMARTS) is 1. The number of ether oxygens (including phenoxy) is 1. The highest BCUT2D eigenvalue weighted by atomic mass is 16.5. The van der Waals surface area contributed by atoms with Crippen LogP contribution in [0.3, 0.4) is 0 Å². The summed E-state index contributed by atoms with van der Waals surface area (Å²) in [4.78, 5) is 21.7. The molecule has 0 heterocycles. The first-order valence-corrected chi connectivity index (χ1v) is 5.77. The first kappa shape index (κ1) is 15.0. The lowest BCUT2D eigenvalue weighted by Gasteiger charge is -2.10. The Balaban J connectivity index is 2.37. The molecule has 3 N–H and O–H groups in total. The maximum atomic E-state index is 11.4. The molecule has 0 bridgehead atoms. The van der Waals surface area contributed by atoms with Gasteiger partial charge in [0, 0.05) is 0 Å². The molecule has 1 amide bonds. The molecule has 0 spiro atoms. The Kier molecular flexibility index (Phi) is 5.32. The van der Waals surface area contributed by atoms with Gasteiger partial charge in [-0.1, -0.05) is 6.07 Å². The summed E-state index contributed by atoms with van der Waals surface area (Å²) in [6.07, 6.45) is -1.61. The summed E-state index contributed by atoms with van der Waals surface area (Å²) in [6, 6.07) is 5.45. The van der Waals surface area contributed by atoms with Crippen molar-refractivity contribution in [3.8, 4) is 5.75 Å². The maximum Gasteiger partial charge on any atom is 0.334 e. The fraction of sp³-hybridized carbons (Fsp3) is 0.385. The van der Waals surface area contributed by atoms with Gasteiger partial charge in [-0.15, -0.1) is 0 Å². The van der Waals surface area contributed by atoms with Gasteiger partial charge in [0.1, 0.15) is 5.75 Å². The second-order valence-corrected chi connectivity index (χ2v) is 4.19. The topological polar surface area (TPSA) is 95.9 Å². The number of aryl methyl sites for hydroxylation is 2. The fourth-order valence-corrected chi connectivity index (χ4v) is 1.30. The molecule has 1 aromatic carbocycles. The van der Waals surface area contributed by atoms with Crippen LogP contribution in [0, 0.1) is 13.8 Å². The SMILES string of the molecule is Cc1ccc(OCC(=O)NCC(O)C(=O)O)cc1C. The van der Waals surface area contributed by atoms with Crippen molar-refractivity contribution in [2.24, 2.45) is 0 Å². The first-order valence-electron chi connectivity index (χ1n) is 5.77. The molecule has 0 aliphatic carbocycles. The average molecular weight is 267 g/mol. The van der Waals surface area contributed by atoms with Crippen LogP contribution in [0.15, 0.2) is 18.2 Å². The van der Waals surface area contributed by atoms with Gasteiger partial charge in [0.15, 0.2) is 12.7 Å². The normalized spacial score (nSPS) is 11.7. The maximum absolute atomic E-state index is 11.4. The van der Waals surface area contributed by atoms with Gasteiger partial charge in [-0.05, 0) is 37.1 Å². The van der Waals surface area contributed by atoms with Crippen LogP contribution in [0.5, 0.6) is 5.75 Å². The van der Waals surface area contributed by atoms with E-state index in [2.05, 4.69) is 5.32 Å². The summed E-state index contributed by atoms with van der Waals surface area (Å²) in [7, 11) is 0. The number of carboxylic acids is 1. The molecule has 0 aliphatic rings. The van der Waals surface area contributed by atoms with Crippen molar-refractivity contribution in [1.29, 1.82) is 0 Å². The summed E-state index contributed by atoms with van der Waals surface area (Å²) >= 11 is 0. The van der Waals surface area contributed by atoms with Crippen molar-refractivity contribution in [1.82, 2.24) is 5.32 Å². The summed E-state index contributed by atoms with van der Waals surface area (Å²) in [5, 5.41) is 19.7. The highest BCUT2D eigenvalue weighted by Gasteiger charge is 2.14. The summed E-state index contributed by atoms with van der Waals surface area (Å²) in [5.74, 6) is -1.30. The van der Waals surface area contributed by atoms with Crippen LogP contribution in [0.1, 0.15) is 11.1 Å². The molecule has 104 valence electrons. The lowest BCUT2D eigenvalue weighted by atomic mass is 10.1. The third-order valence-corrected chi connectivity index (χ3v) is 2.63. The van der Waals surface area contributed by atoms with Crippen LogP contribution in [0.2, 0.25) is 0 Å². The summed E-state index contributed by atoms with van der Waals surface area (Å²) in [6.45, 7) is 3.34. The second-order valence-electron chi connectivity index (χ2n) is 4.19. The number of hydrogen-bond donors (Lipinski definition) is 3. The number of aliphatic carboxylic acids is 1. The molecule has 1 rings (SSSR count). The molecule has 0 fully saturated rings. The van der Waals surface area contributed by atoms with Gasteiger partial charge in [-0.2, -0.15) is 0 Å². The predicted octanol–water partition coefficient (Wildman–Crippen LogP) is 0.244. The largest absolute Gasteiger partial charge is 0.484 e. The molecule has 6 nitrogen and oxygen atoms in total. The lowest BCUT2D eigenvalue weighted by molar-refractivity contribution is -0.146. The molecule has 1 aromatic rings. The average Bonchev–Trinajstić information content (AvgIpc) is 2.37. The fourth-order valence-electron chi connectivity index (χ4n) is 1.30. The minimum atomic E-state index is -1.61. The van der Waals surface area contributed by atoms with Crippen LogP contribution in [-0.4, -0.2) is 41.3 Å². The minimum Gasteiger partial charge on any atom is -0.484 e. The number of benzene rings is 1. The molecule has 19 heavy (non-hydrogen) atoms. The van der Waals surface area contributed by atoms with Crippen LogP contribution in [0.25, 0.3) is 0 Å². The van der Waals surface area contributed by atoms with E-state index in [1.54, 1.807) is 6.07 Å². The Labute approximate surface area is 111 Å². The van der Waals surface area contributed by atoms with E-state index in [4.69, 9.17) is 14.9 Å². The zero-order valence-electron chi connectivity index (χ0n) is 10.8. The number of carbonyl (C=O) groups is 2. The van der Waals surface area contributed by atoms with Crippen molar-refractivity contribution < 1.29 is 24.5 Å². The van der Waals surface area contributed by atoms with Crippen molar-refractivity contribution in [3.05, 3.63) is 29.3 Å². The minimum absolute atomic E-state index is 0.227. The first-order chi connectivity index (χ1) is 8.90. The van der Waals surface area contributed by atoms with Crippen LogP contribution < -0.4 is 10.1 Å². The van der Waals surface area contributed by atoms with Crippen LogP contribution in [0.4, 0.5) is 0 Å². The molecule has 0 aromatic heterocycles. The molecule has 0 saturated carbocycles. The predicted molar refractivity (Wildman–Crippen MR) is 68.1 cm³/mol. The van der Waals surface area contributed by atoms with Gasteiger partial charge in [0.25, 0.3) is 5.91 Å². The number of nitrogens with one attached hydrogen (secondary N) is 1. The molecular weight excluding hydrogens is 250 g/mol. The van der Waals surface area contributed by atoms with Crippen molar-refractivity contribution in [2.75, 3.05) is 13.2 Å². The quantitative estimate of drug-likeness (QED) is 0.686. The third-order valence-electron chi connectivity index (χ3n) is 2.63. The smallest absolute Gasteiger partial charge is 0.334 e. The molecule has 0 saturated heterocycles. The molecule has 0 aliphatic heterocycles. The molecule has 1 unspecified atom stereocenters. The van der Waals surface area contributed by atoms with Gasteiger partial charge >= 0.3 is 5.97 Å². The zero-order chi connectivity index (χ0) is 14.4. The molecule has 6 heteroatoms. The highest BCUT2D eigenvalue weighted by Crippen LogP contribution is 2.16. The van der Waals surface area contributed by atoms with Gasteiger partial charge in [-0.3, -0.25) is 4.79 Å². The van der Waals surface area contributed by atoms with Crippen molar-refractivity contribution in [2.45, 2.75) is 20.0 Å². The Hall–Kier alpha value is -2.08. The van der Waals surface area contributed by atoms with Crippen molar-refractivity contribution >= 4 is 11.9 Å². The number of amides is 1. The monoisotopic (exact) mass is 267 g/mol. The highest BCUT2D eigenvalue weighted by molar-refractivity contribution is 5.79. The number of rotatable bonds is 6. The number of carbonyl (C=O) groups excluding carboxylic acids is 1. The van der Waals surface area contributed by atoms with E-state index >= 15 is 0 Å². The zero-order valence-corrected chi connectivity index (χ0v) is 10.8. The lowest BCUT2D eigenvalue weighted by Crippen LogP contribution is -2.38. The Morgan fingerprint density at radius 1 is 1.32 bits per heavy atom. The molecule has 1 atom stereocenters. The molecule has 0 radical (unpaired) electrons. The van der Waals surface area contributed by atoms with Gasteiger partial charge in [-0.25, -0.2) is 4.79 Å². The summed E-state index contributed by atoms with van der Waals surface area (Å²) < 4.78 is 5.26. The number of aliphatic hydroxyl groups is 1. The van der Waals surface area contributed by atoms with E-state index in [0.717, 1.165) is 11.1 Å². The Bertz CT molecular complexity index is 472. The van der Waals surface area contributed by atoms with Gasteiger partial charge in [0.2, 0.25) is 0 Å². The molecular formula is C13H17NO5. The van der Waals surface area contributed by atoms with E-state index in [0.29, 0.717) is 5.75 Å². The standard InChI is InChI=1S/C13H17NO5/c1-8-3-4-10(5-9(8)2)19-7-12(16)14-6-11(15)13(17)18/h3-5,11,15H,6-7H2,1-2H3,(H,14,16)(H,17,18). The van der Waals surface area contributed by atoms with E-state index < -0.39 is 18.0 Å². The van der Waals surface area contributed by atoms with E-state index in [9.17, 15) is 9.59 Å². The summed E-state index contributed by atoms with van der Waals surface area (Å²) in [5.41, 5.74) is 2.18. The second kappa shape index (κ2) is 6.75. The third kappa shape index (κ3) is 4.97.